The zero-order valence-corrected chi connectivity index (χ0v) is 18.8. The number of nitrogens with zero attached hydrogens (tertiary/aromatic N) is 4. The first-order valence-electron chi connectivity index (χ1n) is 10.4. The molecule has 0 bridgehead atoms. The number of hydrogen-bond acceptors (Lipinski definition) is 8. The lowest BCUT2D eigenvalue weighted by Gasteiger charge is -2.10. The molecule has 1 fully saturated rings. The van der Waals surface area contributed by atoms with Gasteiger partial charge >= 0.3 is 5.97 Å². The van der Waals surface area contributed by atoms with Gasteiger partial charge in [-0.1, -0.05) is 41.2 Å². The Hall–Kier alpha value is -4.03. The number of rotatable bonds is 6. The molecular formula is C24H21N5O3S. The summed E-state index contributed by atoms with van der Waals surface area (Å²) < 4.78 is 5.38. The van der Waals surface area contributed by atoms with Crippen LogP contribution in [0, 0.1) is 18.3 Å². The third-order valence-electron chi connectivity index (χ3n) is 5.07. The Kier molecular flexibility index (Phi) is 6.76. The van der Waals surface area contributed by atoms with Gasteiger partial charge in [-0.15, -0.1) is 10.2 Å². The smallest absolute Gasteiger partial charge is 0.343 e. The average molecular weight is 460 g/mol. The summed E-state index contributed by atoms with van der Waals surface area (Å²) in [5.41, 5.74) is 2.06. The normalized spacial score (nSPS) is 13.5. The van der Waals surface area contributed by atoms with Crippen LogP contribution < -0.4 is 15.0 Å². The lowest BCUT2D eigenvalue weighted by atomic mass is 10.1. The van der Waals surface area contributed by atoms with Crippen LogP contribution in [0.4, 0.5) is 10.3 Å². The van der Waals surface area contributed by atoms with Crippen molar-refractivity contribution in [3.05, 3.63) is 70.8 Å². The number of nitriles is 1. The van der Waals surface area contributed by atoms with Gasteiger partial charge in [0.1, 0.15) is 17.4 Å². The van der Waals surface area contributed by atoms with E-state index in [1.807, 2.05) is 25.1 Å². The van der Waals surface area contributed by atoms with E-state index in [1.54, 1.807) is 36.4 Å². The first kappa shape index (κ1) is 22.2. The Bertz CT molecular complexity index is 1220. The van der Waals surface area contributed by atoms with Crippen LogP contribution in [0.5, 0.6) is 5.75 Å². The zero-order valence-electron chi connectivity index (χ0n) is 17.9. The predicted molar refractivity (Wildman–Crippen MR) is 126 cm³/mol. The number of amides is 1. The Morgan fingerprint density at radius 2 is 1.79 bits per heavy atom. The Morgan fingerprint density at radius 3 is 2.45 bits per heavy atom. The van der Waals surface area contributed by atoms with E-state index in [9.17, 15) is 14.9 Å². The van der Waals surface area contributed by atoms with Crippen molar-refractivity contribution in [1.82, 2.24) is 10.2 Å². The highest BCUT2D eigenvalue weighted by Crippen LogP contribution is 2.27. The number of ether oxygens (including phenoxy) is 1. The van der Waals surface area contributed by atoms with Crippen molar-refractivity contribution < 1.29 is 14.3 Å². The van der Waals surface area contributed by atoms with Crippen molar-refractivity contribution in [3.63, 3.8) is 0 Å². The van der Waals surface area contributed by atoms with Crippen LogP contribution in [0.2, 0.25) is 0 Å². The number of carbonyl (C=O) groups excluding carboxylic acids is 2. The molecule has 1 aliphatic heterocycles. The van der Waals surface area contributed by atoms with Crippen LogP contribution in [-0.2, 0) is 4.79 Å². The van der Waals surface area contributed by atoms with Crippen LogP contribution in [0.3, 0.4) is 0 Å². The summed E-state index contributed by atoms with van der Waals surface area (Å²) in [6.07, 6.45) is 3.70. The number of hydrogen-bond donors (Lipinski definition) is 1. The van der Waals surface area contributed by atoms with Gasteiger partial charge in [-0.05, 0) is 55.7 Å². The number of aryl methyl sites for hydroxylation is 1. The van der Waals surface area contributed by atoms with Crippen molar-refractivity contribution >= 4 is 39.6 Å². The fraction of sp³-hybridized carbons (Fsp3) is 0.208. The van der Waals surface area contributed by atoms with E-state index < -0.39 is 11.9 Å². The molecule has 33 heavy (non-hydrogen) atoms. The standard InChI is InChI=1S/C24H21N5O3S/c1-16-4-8-18(9-5-16)22(31)32-20-10-6-17(7-11-20)14-19(15-25)21(30)26-23-27-28-24(33-23)29-12-2-3-13-29/h4-11,14H,2-3,12-13H2,1H3,(H,26,27,30)/b19-14-. The predicted octanol–water partition coefficient (Wildman–Crippen LogP) is 4.21. The first-order valence-corrected chi connectivity index (χ1v) is 11.2. The second-order valence-electron chi connectivity index (χ2n) is 7.53. The molecule has 8 nitrogen and oxygen atoms in total. The van der Waals surface area contributed by atoms with E-state index in [4.69, 9.17) is 4.74 Å². The third kappa shape index (κ3) is 5.61. The molecule has 3 aromatic rings. The highest BCUT2D eigenvalue weighted by molar-refractivity contribution is 7.19. The second-order valence-corrected chi connectivity index (χ2v) is 8.49. The van der Waals surface area contributed by atoms with Crippen LogP contribution in [-0.4, -0.2) is 35.2 Å². The van der Waals surface area contributed by atoms with Crippen molar-refractivity contribution in [1.29, 1.82) is 5.26 Å². The van der Waals surface area contributed by atoms with E-state index in [0.29, 0.717) is 22.0 Å². The fourth-order valence-electron chi connectivity index (χ4n) is 3.27. The van der Waals surface area contributed by atoms with Crippen LogP contribution in [0.1, 0.15) is 34.3 Å². The fourth-order valence-corrected chi connectivity index (χ4v) is 4.06. The molecule has 0 saturated carbocycles. The van der Waals surface area contributed by atoms with Crippen molar-refractivity contribution in [2.45, 2.75) is 19.8 Å². The van der Waals surface area contributed by atoms with E-state index in [1.165, 1.54) is 17.4 Å². The molecule has 1 saturated heterocycles. The van der Waals surface area contributed by atoms with E-state index in [0.717, 1.165) is 36.6 Å². The van der Waals surface area contributed by atoms with Gasteiger partial charge in [0.05, 0.1) is 5.56 Å². The summed E-state index contributed by atoms with van der Waals surface area (Å²) in [5.74, 6) is -0.652. The summed E-state index contributed by atoms with van der Waals surface area (Å²) >= 11 is 1.29. The number of carbonyl (C=O) groups is 2. The molecule has 1 N–H and O–H groups in total. The maximum atomic E-state index is 12.5. The van der Waals surface area contributed by atoms with E-state index in [-0.39, 0.29) is 5.57 Å². The van der Waals surface area contributed by atoms with Gasteiger partial charge in [0.25, 0.3) is 5.91 Å². The lowest BCUT2D eigenvalue weighted by Crippen LogP contribution is -2.17. The first-order chi connectivity index (χ1) is 16.0. The highest BCUT2D eigenvalue weighted by Gasteiger charge is 2.18. The van der Waals surface area contributed by atoms with Gasteiger partial charge < -0.3 is 9.64 Å². The van der Waals surface area contributed by atoms with Gasteiger partial charge in [-0.2, -0.15) is 5.26 Å². The monoisotopic (exact) mass is 459 g/mol. The summed E-state index contributed by atoms with van der Waals surface area (Å²) in [6, 6.07) is 15.6. The van der Waals surface area contributed by atoms with Crippen molar-refractivity contribution in [2.24, 2.45) is 0 Å². The second kappa shape index (κ2) is 10.1. The molecule has 0 aliphatic carbocycles. The third-order valence-corrected chi connectivity index (χ3v) is 5.96. The molecule has 1 aromatic heterocycles. The lowest BCUT2D eigenvalue weighted by molar-refractivity contribution is -0.112. The molecule has 9 heteroatoms. The number of aromatic nitrogens is 2. The van der Waals surface area contributed by atoms with Crippen LogP contribution in [0.15, 0.2) is 54.1 Å². The average Bonchev–Trinajstić information content (AvgIpc) is 3.51. The number of esters is 1. The molecule has 0 spiro atoms. The van der Waals surface area contributed by atoms with Gasteiger partial charge in [0, 0.05) is 13.1 Å². The van der Waals surface area contributed by atoms with Gasteiger partial charge in [0.2, 0.25) is 10.3 Å². The molecule has 1 aliphatic rings. The van der Waals surface area contributed by atoms with Gasteiger partial charge in [-0.3, -0.25) is 10.1 Å². The Labute approximate surface area is 195 Å². The maximum absolute atomic E-state index is 12.5. The largest absolute Gasteiger partial charge is 0.423 e. The van der Waals surface area contributed by atoms with Crippen LogP contribution >= 0.6 is 11.3 Å². The summed E-state index contributed by atoms with van der Waals surface area (Å²) in [6.45, 7) is 3.81. The van der Waals surface area contributed by atoms with Crippen molar-refractivity contribution in [2.75, 3.05) is 23.3 Å². The minimum atomic E-state index is -0.559. The molecule has 0 atom stereocenters. The molecule has 166 valence electrons. The minimum absolute atomic E-state index is 0.0719. The highest BCUT2D eigenvalue weighted by atomic mass is 32.1. The van der Waals surface area contributed by atoms with Crippen LogP contribution in [0.25, 0.3) is 6.08 Å². The molecule has 4 rings (SSSR count). The van der Waals surface area contributed by atoms with Gasteiger partial charge in [0.15, 0.2) is 0 Å². The molecule has 0 radical (unpaired) electrons. The summed E-state index contributed by atoms with van der Waals surface area (Å²) in [4.78, 5) is 26.9. The number of anilines is 2. The number of nitrogens with one attached hydrogen (secondary N) is 1. The Morgan fingerprint density at radius 1 is 1.09 bits per heavy atom. The Balaban J connectivity index is 1.39. The molecule has 1 amide bonds. The maximum Gasteiger partial charge on any atom is 0.343 e. The van der Waals surface area contributed by atoms with Gasteiger partial charge in [-0.25, -0.2) is 4.79 Å². The zero-order chi connectivity index (χ0) is 23.2. The molecule has 2 heterocycles. The topological polar surface area (TPSA) is 108 Å². The quantitative estimate of drug-likeness (QED) is 0.255. The minimum Gasteiger partial charge on any atom is -0.423 e. The molecular weight excluding hydrogens is 438 g/mol. The summed E-state index contributed by atoms with van der Waals surface area (Å²) in [7, 11) is 0. The van der Waals surface area contributed by atoms with E-state index >= 15 is 0 Å². The van der Waals surface area contributed by atoms with E-state index in [2.05, 4.69) is 20.4 Å². The number of benzene rings is 2. The molecule has 2 aromatic carbocycles. The SMILES string of the molecule is Cc1ccc(C(=O)Oc2ccc(/C=C(/C#N)C(=O)Nc3nnc(N4CCCC4)s3)cc2)cc1. The van der Waals surface area contributed by atoms with Crippen molar-refractivity contribution in [3.8, 4) is 11.8 Å². The summed E-state index contributed by atoms with van der Waals surface area (Å²) in [5, 5.41) is 21.3. The molecule has 0 unspecified atom stereocenters.